The highest BCUT2D eigenvalue weighted by Crippen LogP contribution is 2.25. The first-order chi connectivity index (χ1) is 10.2. The van der Waals surface area contributed by atoms with Crippen molar-refractivity contribution in [2.75, 3.05) is 7.11 Å². The highest BCUT2D eigenvalue weighted by Gasteiger charge is 2.14. The first-order valence-corrected chi connectivity index (χ1v) is 7.15. The number of methoxy groups -OCH3 is 1. The molecule has 1 aromatic carbocycles. The van der Waals surface area contributed by atoms with Gasteiger partial charge in [0.05, 0.1) is 13.3 Å². The molecule has 1 aromatic rings. The Morgan fingerprint density at radius 3 is 2.86 bits per heavy atom. The molecule has 2 rings (SSSR count). The van der Waals surface area contributed by atoms with E-state index in [1.165, 1.54) is 38.7 Å². The zero-order valence-electron chi connectivity index (χ0n) is 12.1. The lowest BCUT2D eigenvalue weighted by molar-refractivity contribution is 0.233. The first-order valence-electron chi connectivity index (χ1n) is 7.15. The lowest BCUT2D eigenvalue weighted by atomic mass is 9.96. The van der Waals surface area contributed by atoms with Crippen LogP contribution in [0.2, 0.25) is 0 Å². The molecule has 1 aliphatic rings. The number of hydrogen-bond donors (Lipinski definition) is 3. The minimum absolute atomic E-state index is 0.0673. The molecule has 0 spiro atoms. The summed E-state index contributed by atoms with van der Waals surface area (Å²) in [7, 11) is 1.48. The quantitative estimate of drug-likeness (QED) is 0.588. The van der Waals surface area contributed by atoms with E-state index < -0.39 is 0 Å². The van der Waals surface area contributed by atoms with Crippen molar-refractivity contribution < 1.29 is 14.6 Å². The maximum Gasteiger partial charge on any atom is 0.335 e. The lowest BCUT2D eigenvalue weighted by Gasteiger charge is -2.22. The van der Waals surface area contributed by atoms with E-state index in [0.29, 0.717) is 5.75 Å². The number of benzene rings is 1. The van der Waals surface area contributed by atoms with Crippen molar-refractivity contribution in [1.29, 1.82) is 0 Å². The third-order valence-corrected chi connectivity index (χ3v) is 3.52. The summed E-state index contributed by atoms with van der Waals surface area (Å²) in [6, 6.07) is 4.80. The number of carbonyl (C=O) groups excluding carboxylic acids is 1. The Morgan fingerprint density at radius 1 is 1.38 bits per heavy atom. The summed E-state index contributed by atoms with van der Waals surface area (Å²) in [6.07, 6.45) is 7.16. The fraction of sp³-hybridized carbons (Fsp3) is 0.467. The number of nitrogens with one attached hydrogen (secondary N) is 2. The van der Waals surface area contributed by atoms with Gasteiger partial charge in [-0.1, -0.05) is 19.3 Å². The number of phenolic OH excluding ortho intramolecular Hbond substituents is 1. The lowest BCUT2D eigenvalue weighted by Crippen LogP contribution is -2.41. The Kier molecular flexibility index (Phi) is 5.43. The molecule has 0 unspecified atom stereocenters. The SMILES string of the molecule is COc1cc(/C=N/NC(=O)NC2CCCCC2)ccc1O. The summed E-state index contributed by atoms with van der Waals surface area (Å²) in [5, 5.41) is 16.3. The summed E-state index contributed by atoms with van der Waals surface area (Å²) in [4.78, 5) is 11.7. The van der Waals surface area contributed by atoms with Gasteiger partial charge in [-0.2, -0.15) is 5.10 Å². The van der Waals surface area contributed by atoms with Crippen LogP contribution in [-0.4, -0.2) is 30.5 Å². The highest BCUT2D eigenvalue weighted by molar-refractivity contribution is 5.82. The molecule has 0 aliphatic heterocycles. The molecule has 0 atom stereocenters. The van der Waals surface area contributed by atoms with Gasteiger partial charge in [0.2, 0.25) is 0 Å². The van der Waals surface area contributed by atoms with Crippen LogP contribution < -0.4 is 15.5 Å². The molecule has 0 saturated heterocycles. The molecule has 0 aromatic heterocycles. The summed E-state index contributed by atoms with van der Waals surface area (Å²) in [6.45, 7) is 0. The monoisotopic (exact) mass is 291 g/mol. The summed E-state index contributed by atoms with van der Waals surface area (Å²) >= 11 is 0. The maximum absolute atomic E-state index is 11.7. The van der Waals surface area contributed by atoms with Crippen molar-refractivity contribution in [3.8, 4) is 11.5 Å². The number of urea groups is 1. The molecule has 2 amide bonds. The molecular formula is C15H21N3O3. The van der Waals surface area contributed by atoms with Crippen molar-refractivity contribution in [3.63, 3.8) is 0 Å². The largest absolute Gasteiger partial charge is 0.504 e. The molecule has 1 fully saturated rings. The molecule has 6 nitrogen and oxygen atoms in total. The maximum atomic E-state index is 11.7. The number of phenols is 1. The second kappa shape index (κ2) is 7.52. The van der Waals surface area contributed by atoms with Gasteiger partial charge in [-0.25, -0.2) is 10.2 Å². The zero-order chi connectivity index (χ0) is 15.1. The fourth-order valence-electron chi connectivity index (χ4n) is 2.40. The van der Waals surface area contributed by atoms with Gasteiger partial charge in [0, 0.05) is 6.04 Å². The van der Waals surface area contributed by atoms with Crippen LogP contribution in [0.25, 0.3) is 0 Å². The average molecular weight is 291 g/mol. The van der Waals surface area contributed by atoms with Crippen LogP contribution in [-0.2, 0) is 0 Å². The minimum Gasteiger partial charge on any atom is -0.504 e. The van der Waals surface area contributed by atoms with Crippen LogP contribution >= 0.6 is 0 Å². The molecular weight excluding hydrogens is 270 g/mol. The van der Waals surface area contributed by atoms with Gasteiger partial charge in [-0.05, 0) is 36.6 Å². The third-order valence-electron chi connectivity index (χ3n) is 3.52. The second-order valence-corrected chi connectivity index (χ2v) is 5.11. The first kappa shape index (κ1) is 15.2. The second-order valence-electron chi connectivity index (χ2n) is 5.11. The molecule has 6 heteroatoms. The van der Waals surface area contributed by atoms with Crippen molar-refractivity contribution in [1.82, 2.24) is 10.7 Å². The topological polar surface area (TPSA) is 83.0 Å². The van der Waals surface area contributed by atoms with Gasteiger partial charge < -0.3 is 15.2 Å². The van der Waals surface area contributed by atoms with Crippen LogP contribution in [0.1, 0.15) is 37.7 Å². The molecule has 3 N–H and O–H groups in total. The van der Waals surface area contributed by atoms with Gasteiger partial charge >= 0.3 is 6.03 Å². The van der Waals surface area contributed by atoms with E-state index in [0.717, 1.165) is 18.4 Å². The summed E-state index contributed by atoms with van der Waals surface area (Å²) in [5.41, 5.74) is 3.17. The van der Waals surface area contributed by atoms with E-state index in [4.69, 9.17) is 4.74 Å². The smallest absolute Gasteiger partial charge is 0.335 e. The Morgan fingerprint density at radius 2 is 2.14 bits per heavy atom. The van der Waals surface area contributed by atoms with Gasteiger partial charge in [0.15, 0.2) is 11.5 Å². The van der Waals surface area contributed by atoms with Crippen molar-refractivity contribution in [3.05, 3.63) is 23.8 Å². The molecule has 1 aliphatic carbocycles. The Balaban J connectivity index is 1.82. The number of amides is 2. The molecule has 0 heterocycles. The van der Waals surface area contributed by atoms with E-state index in [2.05, 4.69) is 15.8 Å². The minimum atomic E-state index is -0.288. The number of ether oxygens (including phenoxy) is 1. The average Bonchev–Trinajstić information content (AvgIpc) is 2.50. The number of aromatic hydroxyl groups is 1. The summed E-state index contributed by atoms with van der Waals surface area (Å²) < 4.78 is 5.00. The van der Waals surface area contributed by atoms with Crippen LogP contribution in [0.15, 0.2) is 23.3 Å². The van der Waals surface area contributed by atoms with Gasteiger partial charge in [0.25, 0.3) is 0 Å². The number of carbonyl (C=O) groups is 1. The molecule has 21 heavy (non-hydrogen) atoms. The van der Waals surface area contributed by atoms with Gasteiger partial charge in [0.1, 0.15) is 0 Å². The molecule has 114 valence electrons. The van der Waals surface area contributed by atoms with E-state index in [1.807, 2.05) is 0 Å². The normalized spacial score (nSPS) is 15.9. The predicted molar refractivity (Wildman–Crippen MR) is 80.8 cm³/mol. The van der Waals surface area contributed by atoms with Gasteiger partial charge in [-0.15, -0.1) is 0 Å². The van der Waals surface area contributed by atoms with Crippen LogP contribution in [0.5, 0.6) is 11.5 Å². The Bertz CT molecular complexity index is 511. The van der Waals surface area contributed by atoms with E-state index in [1.54, 1.807) is 12.1 Å². The fourth-order valence-corrected chi connectivity index (χ4v) is 2.40. The van der Waals surface area contributed by atoms with Crippen LogP contribution in [0.4, 0.5) is 4.79 Å². The highest BCUT2D eigenvalue weighted by atomic mass is 16.5. The summed E-state index contributed by atoms with van der Waals surface area (Å²) in [5.74, 6) is 0.434. The number of hydrogen-bond acceptors (Lipinski definition) is 4. The van der Waals surface area contributed by atoms with E-state index in [9.17, 15) is 9.90 Å². The van der Waals surface area contributed by atoms with Gasteiger partial charge in [-0.3, -0.25) is 0 Å². The molecule has 0 radical (unpaired) electrons. The standard InChI is InChI=1S/C15H21N3O3/c1-21-14-9-11(7-8-13(14)19)10-16-18-15(20)17-12-5-3-2-4-6-12/h7-10,12,19H,2-6H2,1H3,(H2,17,18,20)/b16-10+. The van der Waals surface area contributed by atoms with E-state index >= 15 is 0 Å². The predicted octanol–water partition coefficient (Wildman–Crippen LogP) is 2.37. The van der Waals surface area contributed by atoms with Crippen LogP contribution in [0, 0.1) is 0 Å². The number of rotatable bonds is 4. The van der Waals surface area contributed by atoms with Crippen LogP contribution in [0.3, 0.4) is 0 Å². The number of nitrogens with zero attached hydrogens (tertiary/aromatic N) is 1. The Hall–Kier alpha value is -2.24. The molecule has 1 saturated carbocycles. The zero-order valence-corrected chi connectivity index (χ0v) is 12.1. The van der Waals surface area contributed by atoms with Crippen molar-refractivity contribution in [2.24, 2.45) is 5.10 Å². The molecule has 0 bridgehead atoms. The third kappa shape index (κ3) is 4.66. The van der Waals surface area contributed by atoms with Crippen molar-refractivity contribution >= 4 is 12.2 Å². The number of hydrazone groups is 1. The van der Waals surface area contributed by atoms with Crippen molar-refractivity contribution in [2.45, 2.75) is 38.1 Å². The Labute approximate surface area is 124 Å². The van der Waals surface area contributed by atoms with E-state index in [-0.39, 0.29) is 17.8 Å².